The van der Waals surface area contributed by atoms with Crippen LogP contribution in [0.5, 0.6) is 5.75 Å². The first kappa shape index (κ1) is 30.6. The smallest absolute Gasteiger partial charge is 0.416 e. The number of hydrogen-bond acceptors (Lipinski definition) is 8. The van der Waals surface area contributed by atoms with Crippen molar-refractivity contribution in [2.75, 3.05) is 19.6 Å². The average molecular weight is 623 g/mol. The molecule has 3 aromatic rings. The molecule has 6 heterocycles. The number of aryl methyl sites for hydroxylation is 1. The number of carbonyl (C=O) groups excluding carboxylic acids is 2. The van der Waals surface area contributed by atoms with Gasteiger partial charge < -0.3 is 19.1 Å². The van der Waals surface area contributed by atoms with Gasteiger partial charge in [0, 0.05) is 36.1 Å². The molecule has 10 nitrogen and oxygen atoms in total. The molecule has 44 heavy (non-hydrogen) atoms. The standard InChI is InChI=1S/C33H38N4O6.ClH/c1-3-20-11-12-26(43-32(40)36-15-9-6-10-27(36)35-13-7-5-8-14-35)22-16-21-18-37-25(29(21)34-28(20)22)17-24-23(30(37)38)19-42-31(39)33(24,41)4-2;/h11-12,16-17,27,41H,3-10,13-15,18-19H2,1-2H3;1H/t27?,33-;/m0./s1. The monoisotopic (exact) mass is 622 g/mol. The van der Waals surface area contributed by atoms with Gasteiger partial charge in [-0.1, -0.05) is 26.3 Å². The van der Waals surface area contributed by atoms with E-state index in [9.17, 15) is 19.5 Å². The van der Waals surface area contributed by atoms with E-state index in [1.165, 1.54) is 6.42 Å². The fourth-order valence-corrected chi connectivity index (χ4v) is 7.35. The van der Waals surface area contributed by atoms with Crippen LogP contribution in [0.25, 0.3) is 22.3 Å². The van der Waals surface area contributed by atoms with Gasteiger partial charge in [0.25, 0.3) is 5.56 Å². The zero-order chi connectivity index (χ0) is 29.9. The Morgan fingerprint density at radius 2 is 1.86 bits per heavy atom. The third-order valence-corrected chi connectivity index (χ3v) is 9.82. The second-order valence-electron chi connectivity index (χ2n) is 12.2. The van der Waals surface area contributed by atoms with Crippen LogP contribution in [-0.2, 0) is 34.7 Å². The molecule has 7 rings (SSSR count). The lowest BCUT2D eigenvalue weighted by Gasteiger charge is -2.43. The number of carbonyl (C=O) groups is 2. The number of aliphatic hydroxyl groups is 1. The Morgan fingerprint density at radius 3 is 2.61 bits per heavy atom. The number of halogens is 1. The topological polar surface area (TPSA) is 114 Å². The Balaban J connectivity index is 0.00000343. The number of hydrogen-bond donors (Lipinski definition) is 1. The molecule has 2 saturated heterocycles. The van der Waals surface area contributed by atoms with Crippen LogP contribution in [0.1, 0.15) is 81.0 Å². The maximum Gasteiger partial charge on any atom is 0.416 e. The van der Waals surface area contributed by atoms with Crippen molar-refractivity contribution in [2.24, 2.45) is 0 Å². The molecule has 2 fully saturated rings. The average Bonchev–Trinajstić information content (AvgIpc) is 3.40. The minimum absolute atomic E-state index is 0. The van der Waals surface area contributed by atoms with Gasteiger partial charge in [0.15, 0.2) is 5.60 Å². The van der Waals surface area contributed by atoms with Crippen LogP contribution in [0.4, 0.5) is 4.79 Å². The first-order valence-corrected chi connectivity index (χ1v) is 15.7. The fourth-order valence-electron chi connectivity index (χ4n) is 7.35. The lowest BCUT2D eigenvalue weighted by molar-refractivity contribution is -0.172. The molecule has 2 aromatic heterocycles. The molecule has 0 spiro atoms. The highest BCUT2D eigenvalue weighted by Gasteiger charge is 2.45. The van der Waals surface area contributed by atoms with Gasteiger partial charge in [-0.2, -0.15) is 0 Å². The molecule has 4 aliphatic rings. The number of benzene rings is 1. The summed E-state index contributed by atoms with van der Waals surface area (Å²) in [7, 11) is 0. The van der Waals surface area contributed by atoms with Gasteiger partial charge in [-0.15, -0.1) is 12.4 Å². The molecule has 1 aromatic carbocycles. The highest BCUT2D eigenvalue weighted by atomic mass is 35.5. The summed E-state index contributed by atoms with van der Waals surface area (Å²) in [5.74, 6) is -0.287. The van der Waals surface area contributed by atoms with Gasteiger partial charge in [-0.25, -0.2) is 14.6 Å². The summed E-state index contributed by atoms with van der Waals surface area (Å²) in [5.41, 5.74) is 2.11. The van der Waals surface area contributed by atoms with Crippen LogP contribution in [0.3, 0.4) is 0 Å². The molecule has 0 saturated carbocycles. The number of amides is 1. The number of fused-ring (bicyclic) bond motifs is 5. The summed E-state index contributed by atoms with van der Waals surface area (Å²) in [5, 5.41) is 11.9. The molecular formula is C33H39ClN4O6. The number of piperidine rings is 2. The Hall–Kier alpha value is -3.47. The van der Waals surface area contributed by atoms with Crippen molar-refractivity contribution >= 4 is 35.4 Å². The van der Waals surface area contributed by atoms with Crippen LogP contribution in [0.2, 0.25) is 0 Å². The van der Waals surface area contributed by atoms with Crippen molar-refractivity contribution in [2.45, 2.75) is 90.1 Å². The van der Waals surface area contributed by atoms with E-state index < -0.39 is 11.6 Å². The zero-order valence-electron chi connectivity index (χ0n) is 25.3. The van der Waals surface area contributed by atoms with Crippen molar-refractivity contribution in [3.8, 4) is 17.1 Å². The molecule has 0 bridgehead atoms. The van der Waals surface area contributed by atoms with E-state index in [4.69, 9.17) is 14.5 Å². The summed E-state index contributed by atoms with van der Waals surface area (Å²) >= 11 is 0. The minimum Gasteiger partial charge on any atom is -0.458 e. The molecule has 234 valence electrons. The molecule has 0 aliphatic carbocycles. The second-order valence-corrected chi connectivity index (χ2v) is 12.2. The largest absolute Gasteiger partial charge is 0.458 e. The molecule has 2 atom stereocenters. The third kappa shape index (κ3) is 4.78. The number of rotatable bonds is 4. The van der Waals surface area contributed by atoms with Crippen LogP contribution in [0.15, 0.2) is 29.1 Å². The number of aromatic nitrogens is 2. The maximum atomic E-state index is 13.7. The number of likely N-dealkylation sites (tertiary alicyclic amines) is 2. The predicted molar refractivity (Wildman–Crippen MR) is 167 cm³/mol. The predicted octanol–water partition coefficient (Wildman–Crippen LogP) is 4.86. The highest BCUT2D eigenvalue weighted by molar-refractivity contribution is 5.93. The SMILES string of the molecule is CCc1ccc(OC(=O)N2CCCCC2N2CCCCC2)c2cc3c(nc12)-c1cc2c(c(=O)n1C3)COC(=O)[C@]2(O)CC.Cl. The Kier molecular flexibility index (Phi) is 8.19. The van der Waals surface area contributed by atoms with E-state index in [1.54, 1.807) is 17.6 Å². The van der Waals surface area contributed by atoms with Crippen molar-refractivity contribution in [1.29, 1.82) is 0 Å². The van der Waals surface area contributed by atoms with Gasteiger partial charge in [0.2, 0.25) is 0 Å². The van der Waals surface area contributed by atoms with Gasteiger partial charge in [0.05, 0.1) is 35.2 Å². The zero-order valence-corrected chi connectivity index (χ0v) is 26.1. The molecule has 1 N–H and O–H groups in total. The first-order chi connectivity index (χ1) is 20.8. The van der Waals surface area contributed by atoms with Gasteiger partial charge in [0.1, 0.15) is 12.4 Å². The number of cyclic esters (lactones) is 1. The molecule has 11 heteroatoms. The lowest BCUT2D eigenvalue weighted by Crippen LogP contribution is -2.55. The second kappa shape index (κ2) is 11.8. The van der Waals surface area contributed by atoms with E-state index in [0.29, 0.717) is 40.3 Å². The van der Waals surface area contributed by atoms with Crippen LogP contribution < -0.4 is 10.3 Å². The van der Waals surface area contributed by atoms with E-state index in [0.717, 1.165) is 68.1 Å². The van der Waals surface area contributed by atoms with E-state index in [2.05, 4.69) is 4.90 Å². The molecule has 0 radical (unpaired) electrons. The molecule has 4 aliphatic heterocycles. The maximum absolute atomic E-state index is 13.7. The summed E-state index contributed by atoms with van der Waals surface area (Å²) in [6, 6.07) is 7.49. The van der Waals surface area contributed by atoms with Crippen LogP contribution in [-0.4, -0.2) is 62.3 Å². The Bertz CT molecular complexity index is 1700. The summed E-state index contributed by atoms with van der Waals surface area (Å²) in [6.07, 6.45) is 7.13. The lowest BCUT2D eigenvalue weighted by atomic mass is 9.86. The first-order valence-electron chi connectivity index (χ1n) is 15.7. The van der Waals surface area contributed by atoms with E-state index in [-0.39, 0.29) is 49.8 Å². The summed E-state index contributed by atoms with van der Waals surface area (Å²) in [6.45, 7) is 6.55. The van der Waals surface area contributed by atoms with Crippen molar-refractivity contribution in [3.63, 3.8) is 0 Å². The quantitative estimate of drug-likeness (QED) is 0.321. The molecule has 1 amide bonds. The van der Waals surface area contributed by atoms with Crippen LogP contribution >= 0.6 is 12.4 Å². The van der Waals surface area contributed by atoms with Crippen molar-refractivity contribution in [1.82, 2.24) is 19.4 Å². The van der Waals surface area contributed by atoms with Crippen LogP contribution in [0, 0.1) is 0 Å². The van der Waals surface area contributed by atoms with Gasteiger partial charge in [-0.3, -0.25) is 14.6 Å². The van der Waals surface area contributed by atoms with Gasteiger partial charge >= 0.3 is 12.1 Å². The third-order valence-electron chi connectivity index (χ3n) is 9.82. The minimum atomic E-state index is -1.88. The van der Waals surface area contributed by atoms with Crippen molar-refractivity contribution in [3.05, 3.63) is 56.9 Å². The normalized spacial score (nSPS) is 22.9. The fraction of sp³-hybridized carbons (Fsp3) is 0.515. The van der Waals surface area contributed by atoms with E-state index >= 15 is 0 Å². The molecular weight excluding hydrogens is 584 g/mol. The van der Waals surface area contributed by atoms with Gasteiger partial charge in [-0.05, 0) is 68.7 Å². The Morgan fingerprint density at radius 1 is 1.09 bits per heavy atom. The van der Waals surface area contributed by atoms with E-state index in [1.807, 2.05) is 30.0 Å². The number of nitrogens with zero attached hydrogens (tertiary/aromatic N) is 4. The number of pyridine rings is 2. The highest BCUT2D eigenvalue weighted by Crippen LogP contribution is 2.40. The van der Waals surface area contributed by atoms with Crippen molar-refractivity contribution < 1.29 is 24.2 Å². The Labute approximate surface area is 262 Å². The molecule has 1 unspecified atom stereocenters. The number of ether oxygens (including phenoxy) is 2. The summed E-state index contributed by atoms with van der Waals surface area (Å²) in [4.78, 5) is 49.2. The summed E-state index contributed by atoms with van der Waals surface area (Å²) < 4.78 is 13.0. The number of esters is 1.